The van der Waals surface area contributed by atoms with E-state index in [-0.39, 0.29) is 0 Å². The Labute approximate surface area is 151 Å². The SMILES string of the molecule is c1ccc(N2CC[NH+](C3CC[NH+](Cc4cccc[nH+]4)CC3)CC2)cc1. The van der Waals surface area contributed by atoms with Gasteiger partial charge in [0.2, 0.25) is 5.69 Å². The molecule has 2 aromatic rings. The van der Waals surface area contributed by atoms with E-state index in [1.54, 1.807) is 4.90 Å². The molecule has 0 bridgehead atoms. The summed E-state index contributed by atoms with van der Waals surface area (Å²) in [6.45, 7) is 8.77. The molecular formula is C21H31N4+3. The van der Waals surface area contributed by atoms with Gasteiger partial charge in [-0.1, -0.05) is 18.2 Å². The summed E-state index contributed by atoms with van der Waals surface area (Å²) < 4.78 is 0. The van der Waals surface area contributed by atoms with Gasteiger partial charge in [-0.3, -0.25) is 0 Å². The van der Waals surface area contributed by atoms with Crippen LogP contribution in [0.15, 0.2) is 54.7 Å². The average molecular weight is 340 g/mol. The number of benzene rings is 1. The van der Waals surface area contributed by atoms with Crippen molar-refractivity contribution in [1.29, 1.82) is 0 Å². The fourth-order valence-electron chi connectivity index (χ4n) is 4.52. The van der Waals surface area contributed by atoms with Crippen LogP contribution < -0.4 is 19.7 Å². The molecule has 1 aromatic heterocycles. The van der Waals surface area contributed by atoms with Crippen molar-refractivity contribution >= 4 is 5.69 Å². The Morgan fingerprint density at radius 3 is 2.28 bits per heavy atom. The van der Waals surface area contributed by atoms with E-state index < -0.39 is 0 Å². The van der Waals surface area contributed by atoms with Gasteiger partial charge in [0, 0.05) is 30.7 Å². The van der Waals surface area contributed by atoms with E-state index in [2.05, 4.69) is 58.4 Å². The summed E-state index contributed by atoms with van der Waals surface area (Å²) in [4.78, 5) is 9.51. The van der Waals surface area contributed by atoms with Gasteiger partial charge in [-0.25, -0.2) is 4.98 Å². The summed E-state index contributed by atoms with van der Waals surface area (Å²) in [5.74, 6) is 0. The van der Waals surface area contributed by atoms with Crippen molar-refractivity contribution in [3.8, 4) is 0 Å². The van der Waals surface area contributed by atoms with E-state index >= 15 is 0 Å². The Bertz CT molecular complexity index is 629. The van der Waals surface area contributed by atoms with E-state index in [9.17, 15) is 0 Å². The zero-order chi connectivity index (χ0) is 16.9. The third-order valence-corrected chi connectivity index (χ3v) is 6.01. The molecule has 2 saturated heterocycles. The molecule has 0 unspecified atom stereocenters. The molecule has 4 rings (SSSR count). The van der Waals surface area contributed by atoms with Gasteiger partial charge in [-0.15, -0.1) is 0 Å². The van der Waals surface area contributed by atoms with Crippen LogP contribution in [0.2, 0.25) is 0 Å². The number of aromatic nitrogens is 1. The number of rotatable bonds is 4. The maximum absolute atomic E-state index is 3.38. The zero-order valence-corrected chi connectivity index (χ0v) is 15.1. The molecule has 25 heavy (non-hydrogen) atoms. The number of quaternary nitrogens is 2. The Morgan fingerprint density at radius 2 is 1.60 bits per heavy atom. The summed E-state index contributed by atoms with van der Waals surface area (Å²) in [5, 5.41) is 0. The highest BCUT2D eigenvalue weighted by atomic mass is 15.3. The number of para-hydroxylation sites is 1. The number of anilines is 1. The van der Waals surface area contributed by atoms with E-state index in [1.807, 2.05) is 11.1 Å². The topological polar surface area (TPSA) is 26.3 Å². The molecule has 2 fully saturated rings. The second kappa shape index (κ2) is 7.98. The molecule has 0 spiro atoms. The van der Waals surface area contributed by atoms with Gasteiger partial charge in [0.15, 0.2) is 12.7 Å². The predicted molar refractivity (Wildman–Crippen MR) is 99.8 cm³/mol. The van der Waals surface area contributed by atoms with Crippen molar-refractivity contribution in [2.75, 3.05) is 44.2 Å². The number of piperidine rings is 1. The fourth-order valence-corrected chi connectivity index (χ4v) is 4.52. The monoisotopic (exact) mass is 339 g/mol. The van der Waals surface area contributed by atoms with Crippen LogP contribution in [-0.2, 0) is 6.54 Å². The van der Waals surface area contributed by atoms with Crippen LogP contribution in [-0.4, -0.2) is 45.3 Å². The van der Waals surface area contributed by atoms with Crippen molar-refractivity contribution in [2.45, 2.75) is 25.4 Å². The lowest BCUT2D eigenvalue weighted by Gasteiger charge is -2.39. The van der Waals surface area contributed by atoms with Crippen LogP contribution in [0.4, 0.5) is 5.69 Å². The number of hydrogen-bond acceptors (Lipinski definition) is 1. The second-order valence-corrected chi connectivity index (χ2v) is 7.57. The molecule has 0 aliphatic carbocycles. The van der Waals surface area contributed by atoms with E-state index in [0.29, 0.717) is 0 Å². The van der Waals surface area contributed by atoms with Crippen LogP contribution >= 0.6 is 0 Å². The number of piperazine rings is 1. The lowest BCUT2D eigenvalue weighted by atomic mass is 10.0. The Balaban J connectivity index is 1.24. The molecule has 2 aliphatic heterocycles. The molecule has 2 aliphatic rings. The first-order chi connectivity index (χ1) is 12.4. The van der Waals surface area contributed by atoms with Crippen molar-refractivity contribution in [3.05, 3.63) is 60.4 Å². The van der Waals surface area contributed by atoms with Crippen LogP contribution in [0.25, 0.3) is 0 Å². The molecule has 4 heteroatoms. The third-order valence-electron chi connectivity index (χ3n) is 6.01. The normalized spacial score (nSPS) is 25.0. The number of likely N-dealkylation sites (tertiary alicyclic amines) is 1. The summed E-state index contributed by atoms with van der Waals surface area (Å²) in [6.07, 6.45) is 4.80. The van der Waals surface area contributed by atoms with Crippen molar-refractivity contribution in [3.63, 3.8) is 0 Å². The number of aromatic amines is 1. The van der Waals surface area contributed by atoms with Gasteiger partial charge in [-0.2, -0.15) is 0 Å². The summed E-state index contributed by atoms with van der Waals surface area (Å²) in [6, 6.07) is 18.2. The lowest BCUT2D eigenvalue weighted by molar-refractivity contribution is -0.965. The highest BCUT2D eigenvalue weighted by molar-refractivity contribution is 5.46. The third kappa shape index (κ3) is 4.20. The number of nitrogens with zero attached hydrogens (tertiary/aromatic N) is 1. The van der Waals surface area contributed by atoms with Crippen LogP contribution in [0.1, 0.15) is 18.5 Å². The van der Waals surface area contributed by atoms with Gasteiger partial charge < -0.3 is 14.7 Å². The maximum Gasteiger partial charge on any atom is 0.234 e. The predicted octanol–water partition coefficient (Wildman–Crippen LogP) is -0.547. The van der Waals surface area contributed by atoms with E-state index in [4.69, 9.17) is 0 Å². The van der Waals surface area contributed by atoms with Gasteiger partial charge in [0.05, 0.1) is 45.3 Å². The number of nitrogens with one attached hydrogen (secondary N) is 3. The average Bonchev–Trinajstić information content (AvgIpc) is 2.70. The zero-order valence-electron chi connectivity index (χ0n) is 15.1. The van der Waals surface area contributed by atoms with Gasteiger partial charge in [-0.05, 0) is 18.2 Å². The first kappa shape index (κ1) is 16.6. The number of hydrogen-bond donors (Lipinski definition) is 2. The summed E-state index contributed by atoms with van der Waals surface area (Å²) >= 11 is 0. The minimum Gasteiger partial charge on any atom is -0.360 e. The Morgan fingerprint density at radius 1 is 0.880 bits per heavy atom. The molecule has 1 aromatic carbocycles. The van der Waals surface area contributed by atoms with Gasteiger partial charge in [0.25, 0.3) is 0 Å². The lowest BCUT2D eigenvalue weighted by Crippen LogP contribution is -3.21. The maximum atomic E-state index is 3.38. The Kier molecular flexibility index (Phi) is 5.28. The van der Waals surface area contributed by atoms with E-state index in [0.717, 1.165) is 12.6 Å². The summed E-state index contributed by atoms with van der Waals surface area (Å²) in [5.41, 5.74) is 2.75. The number of H-pyrrole nitrogens is 1. The van der Waals surface area contributed by atoms with Crippen LogP contribution in [0.3, 0.4) is 0 Å². The van der Waals surface area contributed by atoms with Crippen molar-refractivity contribution in [2.24, 2.45) is 0 Å². The van der Waals surface area contributed by atoms with Crippen LogP contribution in [0, 0.1) is 0 Å². The molecule has 0 atom stereocenters. The minimum atomic E-state index is 0.876. The smallest absolute Gasteiger partial charge is 0.234 e. The molecule has 3 heterocycles. The first-order valence-corrected chi connectivity index (χ1v) is 9.82. The molecule has 3 N–H and O–H groups in total. The molecule has 0 saturated carbocycles. The van der Waals surface area contributed by atoms with Crippen LogP contribution in [0.5, 0.6) is 0 Å². The first-order valence-electron chi connectivity index (χ1n) is 9.82. The number of pyridine rings is 1. The standard InChI is InChI=1S/C21H28N4/c1-2-7-20(8-3-1)24-14-16-25(17-15-24)21-9-12-23(13-10-21)18-19-6-4-5-11-22-19/h1-8,11,21H,9-10,12-18H2/p+3. The molecule has 4 nitrogen and oxygen atoms in total. The quantitative estimate of drug-likeness (QED) is 0.768. The molecule has 0 radical (unpaired) electrons. The largest absolute Gasteiger partial charge is 0.360 e. The minimum absolute atomic E-state index is 0.876. The molecule has 0 amide bonds. The van der Waals surface area contributed by atoms with Gasteiger partial charge in [0.1, 0.15) is 0 Å². The Hall–Kier alpha value is -1.91. The van der Waals surface area contributed by atoms with E-state index in [1.165, 1.54) is 63.5 Å². The van der Waals surface area contributed by atoms with Crippen molar-refractivity contribution < 1.29 is 14.8 Å². The fraction of sp³-hybridized carbons (Fsp3) is 0.476. The second-order valence-electron chi connectivity index (χ2n) is 7.57. The molecule has 132 valence electrons. The van der Waals surface area contributed by atoms with Gasteiger partial charge >= 0.3 is 0 Å². The highest BCUT2D eigenvalue weighted by Crippen LogP contribution is 2.12. The summed E-state index contributed by atoms with van der Waals surface area (Å²) in [7, 11) is 0. The molecular weight excluding hydrogens is 308 g/mol. The van der Waals surface area contributed by atoms with Crippen molar-refractivity contribution in [1.82, 2.24) is 0 Å². The highest BCUT2D eigenvalue weighted by Gasteiger charge is 2.32.